The molecular formula is C16H20O2. The third-order valence-corrected chi connectivity index (χ3v) is 3.74. The normalized spacial score (nSPS) is 27.8. The zero-order valence-corrected chi connectivity index (χ0v) is 11.4. The molecule has 1 aromatic rings. The van der Waals surface area contributed by atoms with Crippen LogP contribution in [-0.2, 0) is 0 Å². The van der Waals surface area contributed by atoms with Crippen molar-refractivity contribution < 1.29 is 10.2 Å². The molecule has 2 rings (SSSR count). The zero-order chi connectivity index (χ0) is 13.5. The van der Waals surface area contributed by atoms with Crippen molar-refractivity contribution in [1.29, 1.82) is 0 Å². The quantitative estimate of drug-likeness (QED) is 0.797. The summed E-state index contributed by atoms with van der Waals surface area (Å²) in [7, 11) is 0. The molecule has 0 bridgehead atoms. The van der Waals surface area contributed by atoms with Crippen molar-refractivity contribution in [2.75, 3.05) is 0 Å². The lowest BCUT2D eigenvalue weighted by Crippen LogP contribution is -2.41. The van der Waals surface area contributed by atoms with E-state index >= 15 is 0 Å². The molecule has 0 amide bonds. The SMILES string of the molecule is CC1=C(c2c(C)cccc2C)C(C)(O)C(O)C=C1. The van der Waals surface area contributed by atoms with E-state index in [-0.39, 0.29) is 0 Å². The fourth-order valence-corrected chi connectivity index (χ4v) is 2.71. The van der Waals surface area contributed by atoms with Gasteiger partial charge >= 0.3 is 0 Å². The van der Waals surface area contributed by atoms with Crippen LogP contribution in [-0.4, -0.2) is 21.9 Å². The summed E-state index contributed by atoms with van der Waals surface area (Å²) in [5.74, 6) is 0. The fraction of sp³-hybridized carbons (Fsp3) is 0.375. The molecule has 0 heterocycles. The Morgan fingerprint density at radius 3 is 2.22 bits per heavy atom. The molecule has 0 aliphatic heterocycles. The average molecular weight is 244 g/mol. The Kier molecular flexibility index (Phi) is 3.18. The van der Waals surface area contributed by atoms with Gasteiger partial charge in [-0.15, -0.1) is 0 Å². The van der Waals surface area contributed by atoms with Crippen molar-refractivity contribution in [3.8, 4) is 0 Å². The second kappa shape index (κ2) is 4.38. The zero-order valence-electron chi connectivity index (χ0n) is 11.4. The van der Waals surface area contributed by atoms with Crippen LogP contribution in [0, 0.1) is 13.8 Å². The van der Waals surface area contributed by atoms with Crippen LogP contribution >= 0.6 is 0 Å². The Hall–Kier alpha value is -1.38. The molecule has 0 saturated carbocycles. The van der Waals surface area contributed by atoms with E-state index in [9.17, 15) is 10.2 Å². The number of allylic oxidation sites excluding steroid dienone is 2. The van der Waals surface area contributed by atoms with Gasteiger partial charge in [0.15, 0.2) is 0 Å². The minimum absolute atomic E-state index is 0.827. The molecule has 1 aromatic carbocycles. The highest BCUT2D eigenvalue weighted by Crippen LogP contribution is 2.39. The van der Waals surface area contributed by atoms with E-state index in [4.69, 9.17) is 0 Å². The van der Waals surface area contributed by atoms with E-state index in [1.54, 1.807) is 13.0 Å². The molecule has 18 heavy (non-hydrogen) atoms. The monoisotopic (exact) mass is 244 g/mol. The van der Waals surface area contributed by atoms with Crippen LogP contribution in [0.2, 0.25) is 0 Å². The Labute approximate surface area is 108 Å². The van der Waals surface area contributed by atoms with E-state index in [0.717, 1.165) is 27.8 Å². The lowest BCUT2D eigenvalue weighted by atomic mass is 9.76. The van der Waals surface area contributed by atoms with Gasteiger partial charge in [-0.3, -0.25) is 0 Å². The number of rotatable bonds is 1. The summed E-state index contributed by atoms with van der Waals surface area (Å²) in [6.07, 6.45) is 2.66. The largest absolute Gasteiger partial charge is 0.386 e. The summed E-state index contributed by atoms with van der Waals surface area (Å²) in [5, 5.41) is 20.6. The topological polar surface area (TPSA) is 40.5 Å². The maximum Gasteiger partial charge on any atom is 0.117 e. The van der Waals surface area contributed by atoms with Gasteiger partial charge in [-0.2, -0.15) is 0 Å². The van der Waals surface area contributed by atoms with Gasteiger partial charge in [-0.1, -0.05) is 30.4 Å². The van der Waals surface area contributed by atoms with Gasteiger partial charge in [-0.25, -0.2) is 0 Å². The van der Waals surface area contributed by atoms with Gasteiger partial charge in [0, 0.05) is 0 Å². The van der Waals surface area contributed by atoms with Crippen LogP contribution in [0.15, 0.2) is 35.9 Å². The highest BCUT2D eigenvalue weighted by atomic mass is 16.3. The highest BCUT2D eigenvalue weighted by Gasteiger charge is 2.38. The number of aryl methyl sites for hydroxylation is 2. The molecule has 2 heteroatoms. The second-order valence-electron chi connectivity index (χ2n) is 5.28. The minimum atomic E-state index is -1.24. The molecular weight excluding hydrogens is 224 g/mol. The maximum absolute atomic E-state index is 10.6. The molecule has 2 unspecified atom stereocenters. The number of aliphatic hydroxyl groups is 2. The summed E-state index contributed by atoms with van der Waals surface area (Å²) >= 11 is 0. The summed E-state index contributed by atoms with van der Waals surface area (Å²) < 4.78 is 0. The minimum Gasteiger partial charge on any atom is -0.386 e. The van der Waals surface area contributed by atoms with E-state index in [2.05, 4.69) is 0 Å². The second-order valence-corrected chi connectivity index (χ2v) is 5.28. The van der Waals surface area contributed by atoms with Crippen molar-refractivity contribution in [2.45, 2.75) is 39.4 Å². The summed E-state index contributed by atoms with van der Waals surface area (Å²) in [5.41, 5.74) is 3.87. The molecule has 1 aliphatic rings. The molecule has 96 valence electrons. The van der Waals surface area contributed by atoms with Crippen LogP contribution in [0.5, 0.6) is 0 Å². The predicted octanol–water partition coefficient (Wildman–Crippen LogP) is 2.76. The molecule has 0 saturated heterocycles. The summed E-state index contributed by atoms with van der Waals surface area (Å²) in [6.45, 7) is 7.71. The van der Waals surface area contributed by atoms with Crippen molar-refractivity contribution in [3.63, 3.8) is 0 Å². The van der Waals surface area contributed by atoms with Gasteiger partial charge in [0.1, 0.15) is 11.7 Å². The van der Waals surface area contributed by atoms with Crippen LogP contribution in [0.3, 0.4) is 0 Å². The third kappa shape index (κ3) is 1.92. The standard InChI is InChI=1S/C16H20O2/c1-10-6-5-7-11(2)14(10)15-12(3)8-9-13(17)16(15,4)18/h5-9,13,17-18H,1-4H3. The van der Waals surface area contributed by atoms with Gasteiger partial charge in [0.05, 0.1) is 0 Å². The van der Waals surface area contributed by atoms with Gasteiger partial charge in [-0.05, 0) is 55.5 Å². The molecule has 2 nitrogen and oxygen atoms in total. The fourth-order valence-electron chi connectivity index (χ4n) is 2.71. The Morgan fingerprint density at radius 1 is 1.11 bits per heavy atom. The van der Waals surface area contributed by atoms with Crippen molar-refractivity contribution in [2.24, 2.45) is 0 Å². The van der Waals surface area contributed by atoms with Crippen LogP contribution < -0.4 is 0 Å². The van der Waals surface area contributed by atoms with Crippen molar-refractivity contribution >= 4 is 5.57 Å². The van der Waals surface area contributed by atoms with Gasteiger partial charge in [0.2, 0.25) is 0 Å². The van der Waals surface area contributed by atoms with E-state index < -0.39 is 11.7 Å². The van der Waals surface area contributed by atoms with E-state index in [1.807, 2.05) is 45.0 Å². The first-order valence-corrected chi connectivity index (χ1v) is 6.22. The van der Waals surface area contributed by atoms with Crippen LogP contribution in [0.1, 0.15) is 30.5 Å². The molecule has 0 fully saturated rings. The molecule has 2 atom stereocenters. The number of aliphatic hydroxyl groups excluding tert-OH is 1. The lowest BCUT2D eigenvalue weighted by molar-refractivity contribution is 0.00686. The van der Waals surface area contributed by atoms with Crippen LogP contribution in [0.4, 0.5) is 0 Å². The predicted molar refractivity (Wildman–Crippen MR) is 74.3 cm³/mol. The van der Waals surface area contributed by atoms with Gasteiger partial charge < -0.3 is 10.2 Å². The third-order valence-electron chi connectivity index (χ3n) is 3.74. The first kappa shape index (κ1) is 13.1. The first-order chi connectivity index (χ1) is 8.35. The van der Waals surface area contributed by atoms with Crippen molar-refractivity contribution in [3.05, 3.63) is 52.6 Å². The molecule has 2 N–H and O–H groups in total. The highest BCUT2D eigenvalue weighted by molar-refractivity contribution is 5.81. The molecule has 0 aromatic heterocycles. The average Bonchev–Trinajstić information content (AvgIpc) is 2.28. The molecule has 1 aliphatic carbocycles. The molecule has 0 radical (unpaired) electrons. The van der Waals surface area contributed by atoms with E-state index in [1.165, 1.54) is 0 Å². The number of hydrogen-bond acceptors (Lipinski definition) is 2. The Morgan fingerprint density at radius 2 is 1.67 bits per heavy atom. The van der Waals surface area contributed by atoms with Crippen LogP contribution in [0.25, 0.3) is 5.57 Å². The first-order valence-electron chi connectivity index (χ1n) is 6.22. The van der Waals surface area contributed by atoms with E-state index in [0.29, 0.717) is 0 Å². The summed E-state index contributed by atoms with van der Waals surface area (Å²) in [4.78, 5) is 0. The Bertz CT molecular complexity index is 516. The summed E-state index contributed by atoms with van der Waals surface area (Å²) in [6, 6.07) is 6.07. The number of hydrogen-bond donors (Lipinski definition) is 2. The maximum atomic E-state index is 10.6. The van der Waals surface area contributed by atoms with Gasteiger partial charge in [0.25, 0.3) is 0 Å². The Balaban J connectivity index is 2.72. The van der Waals surface area contributed by atoms with Crippen molar-refractivity contribution in [1.82, 2.24) is 0 Å². The molecule has 0 spiro atoms. The smallest absolute Gasteiger partial charge is 0.117 e. The number of benzene rings is 1. The lowest BCUT2D eigenvalue weighted by Gasteiger charge is -2.35.